The first-order valence-electron chi connectivity index (χ1n) is 5.95. The van der Waals surface area contributed by atoms with E-state index in [0.717, 1.165) is 27.3 Å². The van der Waals surface area contributed by atoms with Gasteiger partial charge in [0.2, 0.25) is 0 Å². The average Bonchev–Trinajstić information content (AvgIpc) is 2.41. The third kappa shape index (κ3) is 3.72. The van der Waals surface area contributed by atoms with E-state index in [1.807, 2.05) is 49.5 Å². The van der Waals surface area contributed by atoms with Crippen LogP contribution in [0.2, 0.25) is 5.02 Å². The maximum Gasteiger partial charge on any atom is 0.0692 e. The minimum absolute atomic E-state index is 0.0434. The summed E-state index contributed by atoms with van der Waals surface area (Å²) in [5.41, 5.74) is 3.19. The lowest BCUT2D eigenvalue weighted by Crippen LogP contribution is -2.16. The van der Waals surface area contributed by atoms with Gasteiger partial charge >= 0.3 is 0 Å². The monoisotopic (exact) mass is 339 g/mol. The fraction of sp³-hybridized carbons (Fsp3) is 0.200. The Bertz CT molecular complexity index is 557. The van der Waals surface area contributed by atoms with E-state index in [-0.39, 0.29) is 6.61 Å². The number of nitrogens with zero attached hydrogens (tertiary/aromatic N) is 1. The summed E-state index contributed by atoms with van der Waals surface area (Å²) in [6.07, 6.45) is 0. The second-order valence-electron chi connectivity index (χ2n) is 4.42. The van der Waals surface area contributed by atoms with Gasteiger partial charge < -0.3 is 10.0 Å². The number of aliphatic hydroxyl groups excluding tert-OH is 1. The SMILES string of the molecule is CN(Cc1ccc(Cl)cc1)c1ccc(CO)c(Br)c1. The lowest BCUT2D eigenvalue weighted by atomic mass is 10.2. The molecular weight excluding hydrogens is 326 g/mol. The van der Waals surface area contributed by atoms with Gasteiger partial charge in [0.1, 0.15) is 0 Å². The van der Waals surface area contributed by atoms with Crippen LogP contribution in [0.25, 0.3) is 0 Å². The maximum atomic E-state index is 9.15. The highest BCUT2D eigenvalue weighted by Crippen LogP contribution is 2.24. The van der Waals surface area contributed by atoms with Crippen molar-refractivity contribution >= 4 is 33.2 Å². The maximum absolute atomic E-state index is 9.15. The molecule has 0 aliphatic rings. The molecule has 0 radical (unpaired) electrons. The molecule has 4 heteroatoms. The van der Waals surface area contributed by atoms with Crippen molar-refractivity contribution in [2.24, 2.45) is 0 Å². The van der Waals surface area contributed by atoms with Crippen LogP contribution < -0.4 is 4.90 Å². The standard InChI is InChI=1S/C15H15BrClNO/c1-18(9-11-2-5-13(17)6-3-11)14-7-4-12(10-19)15(16)8-14/h2-8,19H,9-10H2,1H3. The summed E-state index contributed by atoms with van der Waals surface area (Å²) in [5, 5.41) is 9.90. The Balaban J connectivity index is 2.13. The van der Waals surface area contributed by atoms with Crippen molar-refractivity contribution in [1.29, 1.82) is 0 Å². The topological polar surface area (TPSA) is 23.5 Å². The summed E-state index contributed by atoms with van der Waals surface area (Å²) in [6.45, 7) is 0.851. The van der Waals surface area contributed by atoms with E-state index in [2.05, 4.69) is 20.8 Å². The van der Waals surface area contributed by atoms with Crippen molar-refractivity contribution < 1.29 is 5.11 Å². The van der Waals surface area contributed by atoms with Gasteiger partial charge in [0, 0.05) is 28.8 Å². The van der Waals surface area contributed by atoms with Crippen LogP contribution in [0.4, 0.5) is 5.69 Å². The van der Waals surface area contributed by atoms with Gasteiger partial charge in [0.15, 0.2) is 0 Å². The van der Waals surface area contributed by atoms with Crippen LogP contribution in [-0.2, 0) is 13.2 Å². The Morgan fingerprint density at radius 2 is 1.84 bits per heavy atom. The van der Waals surface area contributed by atoms with Crippen molar-refractivity contribution in [1.82, 2.24) is 0 Å². The molecule has 0 saturated carbocycles. The summed E-state index contributed by atoms with van der Waals surface area (Å²) in [7, 11) is 2.04. The number of halogens is 2. The van der Waals surface area contributed by atoms with Gasteiger partial charge in [-0.25, -0.2) is 0 Å². The van der Waals surface area contributed by atoms with Crippen molar-refractivity contribution in [3.8, 4) is 0 Å². The number of aliphatic hydroxyl groups is 1. The van der Waals surface area contributed by atoms with Crippen LogP contribution in [0.5, 0.6) is 0 Å². The molecule has 0 bridgehead atoms. The van der Waals surface area contributed by atoms with Gasteiger partial charge in [-0.2, -0.15) is 0 Å². The Hall–Kier alpha value is -1.03. The highest BCUT2D eigenvalue weighted by molar-refractivity contribution is 9.10. The molecule has 0 aromatic heterocycles. The van der Waals surface area contributed by atoms with Crippen LogP contribution >= 0.6 is 27.5 Å². The molecule has 0 saturated heterocycles. The lowest BCUT2D eigenvalue weighted by molar-refractivity contribution is 0.281. The highest BCUT2D eigenvalue weighted by Gasteiger charge is 2.05. The number of anilines is 1. The highest BCUT2D eigenvalue weighted by atomic mass is 79.9. The van der Waals surface area contributed by atoms with Gasteiger partial charge in [0.25, 0.3) is 0 Å². The fourth-order valence-corrected chi connectivity index (χ4v) is 2.47. The van der Waals surface area contributed by atoms with Gasteiger partial charge in [-0.15, -0.1) is 0 Å². The smallest absolute Gasteiger partial charge is 0.0692 e. The predicted molar refractivity (Wildman–Crippen MR) is 83.6 cm³/mol. The third-order valence-corrected chi connectivity index (χ3v) is 3.97. The number of hydrogen-bond acceptors (Lipinski definition) is 2. The largest absolute Gasteiger partial charge is 0.392 e. The molecule has 0 amide bonds. The minimum atomic E-state index is 0.0434. The molecule has 1 N–H and O–H groups in total. The van der Waals surface area contributed by atoms with E-state index in [1.165, 1.54) is 5.56 Å². The zero-order valence-corrected chi connectivity index (χ0v) is 12.9. The molecule has 0 unspecified atom stereocenters. The third-order valence-electron chi connectivity index (χ3n) is 2.98. The van der Waals surface area contributed by atoms with Gasteiger partial charge in [-0.3, -0.25) is 0 Å². The molecule has 0 aliphatic carbocycles. The van der Waals surface area contributed by atoms with Crippen LogP contribution in [0, 0.1) is 0 Å². The summed E-state index contributed by atoms with van der Waals surface area (Å²) >= 11 is 9.34. The van der Waals surface area contributed by atoms with E-state index in [9.17, 15) is 0 Å². The summed E-state index contributed by atoms with van der Waals surface area (Å²) in [6, 6.07) is 13.8. The van der Waals surface area contributed by atoms with E-state index in [4.69, 9.17) is 16.7 Å². The fourth-order valence-electron chi connectivity index (χ4n) is 1.86. The molecule has 2 aromatic rings. The minimum Gasteiger partial charge on any atom is -0.392 e. The molecule has 0 heterocycles. The van der Waals surface area contributed by atoms with Crippen LogP contribution in [0.3, 0.4) is 0 Å². The van der Waals surface area contributed by atoms with E-state index < -0.39 is 0 Å². The second-order valence-corrected chi connectivity index (χ2v) is 5.71. The average molecular weight is 341 g/mol. The van der Waals surface area contributed by atoms with E-state index in [0.29, 0.717) is 0 Å². The summed E-state index contributed by atoms with van der Waals surface area (Å²) in [5.74, 6) is 0. The van der Waals surface area contributed by atoms with Gasteiger partial charge in [-0.1, -0.05) is 45.7 Å². The molecule has 0 fully saturated rings. The first kappa shape index (κ1) is 14.4. The Morgan fingerprint density at radius 3 is 2.42 bits per heavy atom. The Labute approximate surface area is 126 Å². The molecule has 2 aromatic carbocycles. The van der Waals surface area contributed by atoms with E-state index in [1.54, 1.807) is 0 Å². The summed E-state index contributed by atoms with van der Waals surface area (Å²) < 4.78 is 0.926. The van der Waals surface area contributed by atoms with Crippen molar-refractivity contribution in [3.63, 3.8) is 0 Å². The normalized spacial score (nSPS) is 10.5. The van der Waals surface area contributed by atoms with Gasteiger partial charge in [0.05, 0.1) is 6.61 Å². The van der Waals surface area contributed by atoms with Crippen LogP contribution in [0.15, 0.2) is 46.9 Å². The second kappa shape index (κ2) is 6.42. The molecule has 19 heavy (non-hydrogen) atoms. The first-order chi connectivity index (χ1) is 9.10. The van der Waals surface area contributed by atoms with Crippen molar-refractivity contribution in [2.45, 2.75) is 13.2 Å². The molecule has 0 aliphatic heterocycles. The van der Waals surface area contributed by atoms with Crippen molar-refractivity contribution in [2.75, 3.05) is 11.9 Å². The number of benzene rings is 2. The Morgan fingerprint density at radius 1 is 1.16 bits per heavy atom. The predicted octanol–water partition coefficient (Wildman–Crippen LogP) is 4.23. The summed E-state index contributed by atoms with van der Waals surface area (Å²) in [4.78, 5) is 2.15. The van der Waals surface area contributed by atoms with Crippen LogP contribution in [0.1, 0.15) is 11.1 Å². The van der Waals surface area contributed by atoms with Crippen LogP contribution in [-0.4, -0.2) is 12.2 Å². The Kier molecular flexibility index (Phi) is 4.86. The molecule has 2 rings (SSSR count). The lowest BCUT2D eigenvalue weighted by Gasteiger charge is -2.20. The molecule has 100 valence electrons. The zero-order valence-electron chi connectivity index (χ0n) is 10.6. The van der Waals surface area contributed by atoms with Gasteiger partial charge in [-0.05, 0) is 35.4 Å². The molecular formula is C15H15BrClNO. The number of rotatable bonds is 4. The first-order valence-corrected chi connectivity index (χ1v) is 7.12. The molecule has 0 atom stereocenters. The number of hydrogen-bond donors (Lipinski definition) is 1. The molecule has 2 nitrogen and oxygen atoms in total. The molecule has 0 spiro atoms. The van der Waals surface area contributed by atoms with E-state index >= 15 is 0 Å². The zero-order chi connectivity index (χ0) is 13.8. The van der Waals surface area contributed by atoms with Crippen molar-refractivity contribution in [3.05, 3.63) is 63.1 Å². The quantitative estimate of drug-likeness (QED) is 0.900.